The van der Waals surface area contributed by atoms with Crippen LogP contribution in [0.2, 0.25) is 5.02 Å². The van der Waals surface area contributed by atoms with Crippen LogP contribution in [-0.4, -0.2) is 67.2 Å². The van der Waals surface area contributed by atoms with E-state index < -0.39 is 9.84 Å². The van der Waals surface area contributed by atoms with E-state index in [0.29, 0.717) is 23.2 Å². The fourth-order valence-electron chi connectivity index (χ4n) is 5.62. The van der Waals surface area contributed by atoms with Gasteiger partial charge in [0.1, 0.15) is 9.84 Å². The number of nitrogens with zero attached hydrogens (tertiary/aromatic N) is 2. The molecule has 2 unspecified atom stereocenters. The largest absolute Gasteiger partial charge is 0.334 e. The molecule has 2 saturated heterocycles. The van der Waals surface area contributed by atoms with E-state index in [9.17, 15) is 18.0 Å². The quantitative estimate of drug-likeness (QED) is 0.626. The normalized spacial score (nSPS) is 23.8. The van der Waals surface area contributed by atoms with Crippen molar-refractivity contribution in [2.45, 2.75) is 70.5 Å². The minimum Gasteiger partial charge on any atom is -0.334 e. The molecule has 0 aromatic heterocycles. The van der Waals surface area contributed by atoms with Crippen molar-refractivity contribution in [3.05, 3.63) is 28.3 Å². The number of hydrogen-bond donors (Lipinski definition) is 1. The van der Waals surface area contributed by atoms with Crippen molar-refractivity contribution in [3.63, 3.8) is 0 Å². The number of carbonyl (C=O) groups excluding carboxylic acids is 2. The topological polar surface area (TPSA) is 86.8 Å². The van der Waals surface area contributed by atoms with E-state index in [1.54, 1.807) is 6.07 Å². The van der Waals surface area contributed by atoms with E-state index in [2.05, 4.69) is 15.1 Å². The van der Waals surface area contributed by atoms with Crippen molar-refractivity contribution in [2.24, 2.45) is 5.92 Å². The van der Waals surface area contributed by atoms with Crippen LogP contribution < -0.4 is 5.32 Å². The number of sulfone groups is 1. The van der Waals surface area contributed by atoms with Crippen LogP contribution in [0.1, 0.15) is 56.1 Å². The molecule has 1 aromatic rings. The summed E-state index contributed by atoms with van der Waals surface area (Å²) in [6.45, 7) is 4.37. The zero-order valence-electron chi connectivity index (χ0n) is 19.5. The Morgan fingerprint density at radius 2 is 1.73 bits per heavy atom. The highest BCUT2D eigenvalue weighted by molar-refractivity contribution is 7.90. The molecule has 2 atom stereocenters. The number of likely N-dealkylation sites (tertiary alicyclic amines) is 1. The first-order chi connectivity index (χ1) is 15.6. The van der Waals surface area contributed by atoms with Crippen molar-refractivity contribution in [3.8, 4) is 0 Å². The number of fused-ring (bicyclic) bond motifs is 2. The number of anilines is 1. The summed E-state index contributed by atoms with van der Waals surface area (Å²) in [6.07, 6.45) is 7.60. The highest BCUT2D eigenvalue weighted by Crippen LogP contribution is 2.36. The fourth-order valence-corrected chi connectivity index (χ4v) is 6.42. The van der Waals surface area contributed by atoms with Crippen LogP contribution in [0.5, 0.6) is 0 Å². The molecule has 1 aliphatic carbocycles. The standard InChI is InChI=1S/C24H34ClN3O4S/c1-16-18(11-19(25)12-22(16)26-23(29)9-10-33(2,31)32)13-27-14-20-7-8-21(15-27)28(20)24(30)17-5-3-4-6-17/h11-12,17,20-21H,3-10,13-15H2,1-2H3,(H,26,29). The Morgan fingerprint density at radius 1 is 1.09 bits per heavy atom. The lowest BCUT2D eigenvalue weighted by Crippen LogP contribution is -2.56. The number of nitrogens with one attached hydrogen (secondary N) is 1. The summed E-state index contributed by atoms with van der Waals surface area (Å²) in [6, 6.07) is 4.21. The summed E-state index contributed by atoms with van der Waals surface area (Å²) in [7, 11) is -3.20. The molecule has 182 valence electrons. The molecule has 1 aromatic carbocycles. The SMILES string of the molecule is Cc1c(CN2CC3CCC(C2)N3C(=O)C2CCCC2)cc(Cl)cc1NC(=O)CCS(C)(=O)=O. The Bertz CT molecular complexity index is 1010. The second-order valence-electron chi connectivity index (χ2n) is 9.97. The van der Waals surface area contributed by atoms with Gasteiger partial charge >= 0.3 is 0 Å². The summed E-state index contributed by atoms with van der Waals surface area (Å²) in [4.78, 5) is 30.0. The van der Waals surface area contributed by atoms with Gasteiger partial charge in [0, 0.05) is 61.0 Å². The predicted octanol–water partition coefficient (Wildman–Crippen LogP) is 3.39. The van der Waals surface area contributed by atoms with Crippen LogP contribution in [0.15, 0.2) is 12.1 Å². The smallest absolute Gasteiger partial charge is 0.226 e. The van der Waals surface area contributed by atoms with Crippen LogP contribution in [0.3, 0.4) is 0 Å². The molecule has 4 rings (SSSR count). The molecule has 2 amide bonds. The molecular formula is C24H34ClN3O4S. The maximum absolute atomic E-state index is 13.1. The van der Waals surface area contributed by atoms with E-state index in [4.69, 9.17) is 11.6 Å². The first-order valence-corrected chi connectivity index (χ1v) is 14.4. The molecule has 2 heterocycles. The minimum absolute atomic E-state index is 0.0829. The number of hydrogen-bond acceptors (Lipinski definition) is 5. The van der Waals surface area contributed by atoms with Crippen LogP contribution in [-0.2, 0) is 26.0 Å². The van der Waals surface area contributed by atoms with Crippen molar-refractivity contribution in [1.29, 1.82) is 0 Å². The Balaban J connectivity index is 1.41. The highest BCUT2D eigenvalue weighted by atomic mass is 35.5. The van der Waals surface area contributed by atoms with Crippen molar-refractivity contribution >= 4 is 38.9 Å². The van der Waals surface area contributed by atoms with Crippen LogP contribution in [0, 0.1) is 12.8 Å². The summed E-state index contributed by atoms with van der Waals surface area (Å²) in [5.41, 5.74) is 2.59. The van der Waals surface area contributed by atoms with Crippen LogP contribution in [0.25, 0.3) is 0 Å². The zero-order valence-corrected chi connectivity index (χ0v) is 21.1. The third kappa shape index (κ3) is 5.89. The Kier molecular flexibility index (Phi) is 7.36. The monoisotopic (exact) mass is 495 g/mol. The maximum atomic E-state index is 13.1. The van der Waals surface area contributed by atoms with Gasteiger partial charge in [-0.1, -0.05) is 24.4 Å². The van der Waals surface area contributed by atoms with Gasteiger partial charge in [-0.3, -0.25) is 14.5 Å². The average molecular weight is 496 g/mol. The summed E-state index contributed by atoms with van der Waals surface area (Å²) < 4.78 is 22.7. The number of rotatable bonds is 7. The molecule has 0 spiro atoms. The molecule has 0 radical (unpaired) electrons. The van der Waals surface area contributed by atoms with E-state index in [-0.39, 0.29) is 36.1 Å². The van der Waals surface area contributed by atoms with Gasteiger partial charge in [0.2, 0.25) is 11.8 Å². The van der Waals surface area contributed by atoms with Crippen LogP contribution in [0.4, 0.5) is 5.69 Å². The first-order valence-electron chi connectivity index (χ1n) is 11.9. The zero-order chi connectivity index (χ0) is 23.8. The third-order valence-corrected chi connectivity index (χ3v) is 8.53. The van der Waals surface area contributed by atoms with Gasteiger partial charge in [-0.25, -0.2) is 8.42 Å². The van der Waals surface area contributed by atoms with Gasteiger partial charge in [0.15, 0.2) is 0 Å². The van der Waals surface area contributed by atoms with Crippen molar-refractivity contribution < 1.29 is 18.0 Å². The van der Waals surface area contributed by atoms with E-state index >= 15 is 0 Å². The Hall–Kier alpha value is -1.64. The van der Waals surface area contributed by atoms with Crippen LogP contribution >= 0.6 is 11.6 Å². The second-order valence-corrected chi connectivity index (χ2v) is 12.7. The molecule has 1 saturated carbocycles. The first kappa shape index (κ1) is 24.5. The summed E-state index contributed by atoms with van der Waals surface area (Å²) >= 11 is 6.36. The van der Waals surface area contributed by atoms with Gasteiger partial charge in [0.25, 0.3) is 0 Å². The maximum Gasteiger partial charge on any atom is 0.226 e. The van der Waals surface area contributed by atoms with Gasteiger partial charge in [-0.15, -0.1) is 0 Å². The number of carbonyl (C=O) groups is 2. The molecule has 9 heteroatoms. The number of halogens is 1. The Morgan fingerprint density at radius 3 is 2.33 bits per heavy atom. The molecule has 2 aliphatic heterocycles. The predicted molar refractivity (Wildman–Crippen MR) is 130 cm³/mol. The summed E-state index contributed by atoms with van der Waals surface area (Å²) in [5, 5.41) is 3.36. The van der Waals surface area contributed by atoms with Gasteiger partial charge in [-0.2, -0.15) is 0 Å². The fraction of sp³-hybridized carbons (Fsp3) is 0.667. The van der Waals surface area contributed by atoms with Crippen molar-refractivity contribution in [2.75, 3.05) is 30.4 Å². The molecule has 3 fully saturated rings. The van der Waals surface area contributed by atoms with E-state index in [1.807, 2.05) is 13.0 Å². The Labute approximate surface area is 201 Å². The summed E-state index contributed by atoms with van der Waals surface area (Å²) in [5.74, 6) is 0.0768. The lowest BCUT2D eigenvalue weighted by atomic mass is 10.0. The number of piperazine rings is 1. The van der Waals surface area contributed by atoms with E-state index in [0.717, 1.165) is 56.2 Å². The molecule has 7 nitrogen and oxygen atoms in total. The average Bonchev–Trinajstić information content (AvgIpc) is 3.36. The third-order valence-electron chi connectivity index (χ3n) is 7.36. The molecule has 3 aliphatic rings. The molecule has 2 bridgehead atoms. The number of benzene rings is 1. The minimum atomic E-state index is -3.20. The van der Waals surface area contributed by atoms with Crippen molar-refractivity contribution in [1.82, 2.24) is 9.80 Å². The van der Waals surface area contributed by atoms with Gasteiger partial charge < -0.3 is 10.2 Å². The molecule has 33 heavy (non-hydrogen) atoms. The second kappa shape index (κ2) is 9.92. The van der Waals surface area contributed by atoms with E-state index in [1.165, 1.54) is 12.8 Å². The van der Waals surface area contributed by atoms with Gasteiger partial charge in [0.05, 0.1) is 5.75 Å². The lowest BCUT2D eigenvalue weighted by Gasteiger charge is -2.42. The highest BCUT2D eigenvalue weighted by Gasteiger charge is 2.44. The lowest BCUT2D eigenvalue weighted by molar-refractivity contribution is -0.141. The number of amides is 2. The molecule has 1 N–H and O–H groups in total. The molecular weight excluding hydrogens is 462 g/mol. The van der Waals surface area contributed by atoms with Gasteiger partial charge in [-0.05, 0) is 55.9 Å².